The quantitative estimate of drug-likeness (QED) is 0.598. The van der Waals surface area contributed by atoms with Crippen molar-refractivity contribution < 1.29 is 17.9 Å². The molecule has 0 radical (unpaired) electrons. The average molecular weight is 249 g/mol. The summed E-state index contributed by atoms with van der Waals surface area (Å²) < 4.78 is 27.2. The third-order valence-corrected chi connectivity index (χ3v) is 3.74. The lowest BCUT2D eigenvalue weighted by Crippen LogP contribution is -2.39. The van der Waals surface area contributed by atoms with Gasteiger partial charge in [-0.05, 0) is 13.5 Å². The first-order chi connectivity index (χ1) is 7.37. The van der Waals surface area contributed by atoms with Gasteiger partial charge in [0.05, 0.1) is 17.8 Å². The fraction of sp³-hybridized carbons (Fsp3) is 0.900. The molecule has 0 aliphatic carbocycles. The molecule has 0 bridgehead atoms. The van der Waals surface area contributed by atoms with Crippen molar-refractivity contribution in [3.63, 3.8) is 0 Å². The zero-order valence-electron chi connectivity index (χ0n) is 9.81. The fourth-order valence-electron chi connectivity index (χ4n) is 1.82. The number of hydrogen-bond acceptors (Lipinski definition) is 5. The fourth-order valence-corrected chi connectivity index (χ4v) is 2.46. The number of ether oxygens (including phenoxy) is 1. The summed E-state index contributed by atoms with van der Waals surface area (Å²) in [5.74, 6) is 0.124. The van der Waals surface area contributed by atoms with Gasteiger partial charge in [0.2, 0.25) is 0 Å². The van der Waals surface area contributed by atoms with Crippen LogP contribution in [0.15, 0.2) is 0 Å². The first-order valence-corrected chi connectivity index (χ1v) is 7.33. The lowest BCUT2D eigenvalue weighted by atomic mass is 9.89. The molecule has 1 rings (SSSR count). The molecule has 1 unspecified atom stereocenters. The Morgan fingerprint density at radius 2 is 2.19 bits per heavy atom. The summed E-state index contributed by atoms with van der Waals surface area (Å²) in [6.45, 7) is 2.07. The van der Waals surface area contributed by atoms with Crippen molar-refractivity contribution in [3.05, 3.63) is 0 Å². The van der Waals surface area contributed by atoms with Gasteiger partial charge < -0.3 is 14.4 Å². The largest absolute Gasteiger partial charge is 0.380 e. The van der Waals surface area contributed by atoms with Crippen molar-refractivity contribution >= 4 is 16.1 Å². The molecule has 0 aromatic heterocycles. The van der Waals surface area contributed by atoms with E-state index in [-0.39, 0.29) is 5.75 Å². The van der Waals surface area contributed by atoms with Gasteiger partial charge in [-0.3, -0.25) is 0 Å². The second kappa shape index (κ2) is 5.25. The monoisotopic (exact) mass is 249 g/mol. The van der Waals surface area contributed by atoms with Gasteiger partial charge in [-0.15, -0.1) is 0 Å². The predicted molar refractivity (Wildman–Crippen MR) is 61.1 cm³/mol. The second-order valence-electron chi connectivity index (χ2n) is 4.65. The third-order valence-electron chi connectivity index (χ3n) is 2.81. The van der Waals surface area contributed by atoms with Gasteiger partial charge in [0.25, 0.3) is 0 Å². The Kier molecular flexibility index (Phi) is 4.46. The summed E-state index contributed by atoms with van der Waals surface area (Å²) in [5, 5.41) is 0. The summed E-state index contributed by atoms with van der Waals surface area (Å²) in [6, 6.07) is 0. The van der Waals surface area contributed by atoms with Crippen LogP contribution in [0.2, 0.25) is 0 Å². The topological polar surface area (TPSA) is 63.7 Å². The molecule has 1 aliphatic rings. The third kappa shape index (κ3) is 4.19. The Morgan fingerprint density at radius 1 is 1.50 bits per heavy atom. The number of rotatable bonds is 6. The van der Waals surface area contributed by atoms with Crippen LogP contribution in [-0.2, 0) is 19.4 Å². The zero-order valence-corrected chi connectivity index (χ0v) is 10.6. The van der Waals surface area contributed by atoms with Crippen LogP contribution in [-0.4, -0.2) is 65.0 Å². The predicted octanol–water partition coefficient (Wildman–Crippen LogP) is -0.432. The van der Waals surface area contributed by atoms with Crippen molar-refractivity contribution in [2.75, 3.05) is 45.4 Å². The van der Waals surface area contributed by atoms with Crippen molar-refractivity contribution in [3.8, 4) is 0 Å². The molecule has 16 heavy (non-hydrogen) atoms. The van der Waals surface area contributed by atoms with Gasteiger partial charge in [0.1, 0.15) is 16.1 Å². The molecule has 0 N–H and O–H groups in total. The molecular weight excluding hydrogens is 230 g/mol. The van der Waals surface area contributed by atoms with Gasteiger partial charge in [0.15, 0.2) is 0 Å². The smallest absolute Gasteiger partial charge is 0.148 e. The molecule has 6 heteroatoms. The molecule has 1 atom stereocenters. The van der Waals surface area contributed by atoms with Gasteiger partial charge >= 0.3 is 0 Å². The molecule has 0 spiro atoms. The maximum atomic E-state index is 11.0. The van der Waals surface area contributed by atoms with Gasteiger partial charge in [0, 0.05) is 26.0 Å². The van der Waals surface area contributed by atoms with E-state index in [2.05, 4.69) is 0 Å². The molecule has 1 heterocycles. The van der Waals surface area contributed by atoms with Gasteiger partial charge in [-0.2, -0.15) is 0 Å². The minimum absolute atomic E-state index is 0.124. The summed E-state index contributed by atoms with van der Waals surface area (Å²) in [7, 11) is -1.11. The summed E-state index contributed by atoms with van der Waals surface area (Å²) in [6.07, 6.45) is 2.88. The van der Waals surface area contributed by atoms with Crippen LogP contribution in [0.5, 0.6) is 0 Å². The summed E-state index contributed by atoms with van der Waals surface area (Å²) in [4.78, 5) is 12.9. The number of nitrogens with zero attached hydrogens (tertiary/aromatic N) is 1. The van der Waals surface area contributed by atoms with Crippen LogP contribution in [0.1, 0.15) is 6.42 Å². The maximum absolute atomic E-state index is 11.0. The highest BCUT2D eigenvalue weighted by Gasteiger charge is 2.35. The van der Waals surface area contributed by atoms with E-state index in [9.17, 15) is 13.2 Å². The number of carbonyl (C=O) groups excluding carboxylic acids is 1. The Labute approximate surface area is 96.7 Å². The van der Waals surface area contributed by atoms with E-state index in [1.54, 1.807) is 0 Å². The van der Waals surface area contributed by atoms with E-state index in [0.717, 1.165) is 12.7 Å². The molecule has 1 aliphatic heterocycles. The number of carbonyl (C=O) groups is 1. The second-order valence-corrected chi connectivity index (χ2v) is 6.91. The first-order valence-electron chi connectivity index (χ1n) is 5.27. The molecule has 0 amide bonds. The van der Waals surface area contributed by atoms with Crippen LogP contribution in [0.25, 0.3) is 0 Å². The number of sulfone groups is 1. The normalized spacial score (nSPS) is 26.2. The minimum Gasteiger partial charge on any atom is -0.380 e. The van der Waals surface area contributed by atoms with E-state index in [1.165, 1.54) is 6.26 Å². The number of aldehydes is 1. The highest BCUT2D eigenvalue weighted by atomic mass is 32.2. The van der Waals surface area contributed by atoms with Crippen molar-refractivity contribution in [1.82, 2.24) is 4.90 Å². The summed E-state index contributed by atoms with van der Waals surface area (Å²) >= 11 is 0. The number of hydrogen-bond donors (Lipinski definition) is 0. The van der Waals surface area contributed by atoms with Crippen LogP contribution < -0.4 is 0 Å². The molecule has 5 nitrogen and oxygen atoms in total. The van der Waals surface area contributed by atoms with E-state index < -0.39 is 15.3 Å². The lowest BCUT2D eigenvalue weighted by Gasteiger charge is -2.26. The van der Waals surface area contributed by atoms with E-state index in [1.807, 2.05) is 11.9 Å². The van der Waals surface area contributed by atoms with E-state index in [4.69, 9.17) is 4.74 Å². The molecule has 1 saturated heterocycles. The Hall–Kier alpha value is -0.460. The van der Waals surface area contributed by atoms with Crippen molar-refractivity contribution in [2.45, 2.75) is 6.42 Å². The molecule has 0 aromatic carbocycles. The van der Waals surface area contributed by atoms with Crippen molar-refractivity contribution in [2.24, 2.45) is 5.41 Å². The highest BCUT2D eigenvalue weighted by molar-refractivity contribution is 7.90. The maximum Gasteiger partial charge on any atom is 0.148 e. The van der Waals surface area contributed by atoms with Crippen LogP contribution in [0.4, 0.5) is 0 Å². The minimum atomic E-state index is -2.94. The standard InChI is InChI=1S/C10H19NO4S/c1-11(4-6-16(2,13)14)7-10(8-12)3-5-15-9-10/h8H,3-7,9H2,1-2H3. The van der Waals surface area contributed by atoms with Crippen LogP contribution in [0.3, 0.4) is 0 Å². The molecule has 0 aromatic rings. The van der Waals surface area contributed by atoms with E-state index >= 15 is 0 Å². The van der Waals surface area contributed by atoms with Gasteiger partial charge in [-0.25, -0.2) is 8.42 Å². The average Bonchev–Trinajstić information content (AvgIpc) is 2.63. The Morgan fingerprint density at radius 3 is 2.62 bits per heavy atom. The van der Waals surface area contributed by atoms with Gasteiger partial charge in [-0.1, -0.05) is 0 Å². The Bertz CT molecular complexity index is 333. The van der Waals surface area contributed by atoms with Crippen molar-refractivity contribution in [1.29, 1.82) is 0 Å². The highest BCUT2D eigenvalue weighted by Crippen LogP contribution is 2.26. The SMILES string of the molecule is CN(CCS(C)(=O)=O)CC1(C=O)CCOC1. The van der Waals surface area contributed by atoms with Crippen LogP contribution in [0, 0.1) is 5.41 Å². The molecule has 1 fully saturated rings. The summed E-state index contributed by atoms with van der Waals surface area (Å²) in [5.41, 5.74) is -0.438. The van der Waals surface area contributed by atoms with Crippen LogP contribution >= 0.6 is 0 Å². The molecular formula is C10H19NO4S. The Balaban J connectivity index is 2.43. The zero-order chi connectivity index (χ0) is 12.2. The molecule has 0 saturated carbocycles. The lowest BCUT2D eigenvalue weighted by molar-refractivity contribution is -0.117. The first kappa shape index (κ1) is 13.6. The molecule has 94 valence electrons. The van der Waals surface area contributed by atoms with E-state index in [0.29, 0.717) is 26.3 Å².